The zero-order valence-corrected chi connectivity index (χ0v) is 55.7. The third-order valence-corrected chi connectivity index (χ3v) is 16.5. The summed E-state index contributed by atoms with van der Waals surface area (Å²) in [6.45, 7) is 6.66. The minimum absolute atomic E-state index is 0.0753. The average molecular weight is 1160 g/mol. The van der Waals surface area contributed by atoms with Crippen molar-refractivity contribution in [2.24, 2.45) is 0 Å². The quantitative estimate of drug-likeness (QED) is 0.0261. The van der Waals surface area contributed by atoms with Crippen LogP contribution in [-0.4, -0.2) is 37.2 Å². The lowest BCUT2D eigenvalue weighted by Gasteiger charge is -2.18. The maximum atomic E-state index is 13.0. The van der Waals surface area contributed by atoms with Crippen LogP contribution >= 0.6 is 0 Å². The van der Waals surface area contributed by atoms with E-state index in [1.807, 2.05) is 0 Å². The van der Waals surface area contributed by atoms with Crippen LogP contribution in [0.4, 0.5) is 0 Å². The number of hydrogen-bond acceptors (Lipinski definition) is 6. The Hall–Kier alpha value is -2.89. The third-order valence-electron chi connectivity index (χ3n) is 16.5. The molecule has 6 heteroatoms. The van der Waals surface area contributed by atoms with Gasteiger partial charge in [0.2, 0.25) is 0 Å². The molecule has 484 valence electrons. The van der Waals surface area contributed by atoms with Crippen LogP contribution in [0.1, 0.15) is 393 Å². The van der Waals surface area contributed by atoms with Crippen molar-refractivity contribution < 1.29 is 28.6 Å². The lowest BCUT2D eigenvalue weighted by atomic mass is 10.0. The second-order valence-corrected chi connectivity index (χ2v) is 24.8. The Balaban J connectivity index is 4.30. The Morgan fingerprint density at radius 3 is 0.699 bits per heavy atom. The van der Waals surface area contributed by atoms with Crippen molar-refractivity contribution in [2.75, 3.05) is 13.2 Å². The van der Waals surface area contributed by atoms with Crippen molar-refractivity contribution in [1.82, 2.24) is 0 Å². The number of carbonyl (C=O) groups is 3. The second kappa shape index (κ2) is 71.6. The van der Waals surface area contributed by atoms with Crippen LogP contribution in [0.3, 0.4) is 0 Å². The number of rotatable bonds is 68. The fourth-order valence-electron chi connectivity index (χ4n) is 10.9. The van der Waals surface area contributed by atoms with E-state index in [4.69, 9.17) is 14.2 Å². The SMILES string of the molecule is CCCCC/C=C\C/C=C\CCCCCCCCCC(=O)OCC(COC(=O)CCCCCCCCCCCCCCCCC/C=C\CCCCCCCCCC)OC(=O)CCCCCCCCCCC/C=C\C/C=C\CCCCCCC. The summed E-state index contributed by atoms with van der Waals surface area (Å²) in [7, 11) is 0. The minimum atomic E-state index is -0.781. The molecule has 0 rings (SSSR count). The van der Waals surface area contributed by atoms with E-state index >= 15 is 0 Å². The van der Waals surface area contributed by atoms with E-state index in [0.29, 0.717) is 19.3 Å². The molecule has 0 bridgehead atoms. The predicted molar refractivity (Wildman–Crippen MR) is 362 cm³/mol. The van der Waals surface area contributed by atoms with Crippen molar-refractivity contribution >= 4 is 17.9 Å². The van der Waals surface area contributed by atoms with Gasteiger partial charge < -0.3 is 14.2 Å². The topological polar surface area (TPSA) is 78.9 Å². The van der Waals surface area contributed by atoms with Gasteiger partial charge in [0.25, 0.3) is 0 Å². The van der Waals surface area contributed by atoms with E-state index in [9.17, 15) is 14.4 Å². The highest BCUT2D eigenvalue weighted by Crippen LogP contribution is 2.18. The molecule has 0 aliphatic heterocycles. The zero-order valence-electron chi connectivity index (χ0n) is 55.7. The zero-order chi connectivity index (χ0) is 59.9. The van der Waals surface area contributed by atoms with Crippen LogP contribution in [0.2, 0.25) is 0 Å². The van der Waals surface area contributed by atoms with Crippen molar-refractivity contribution in [3.05, 3.63) is 60.8 Å². The summed E-state index contributed by atoms with van der Waals surface area (Å²) < 4.78 is 17.0. The molecular formula is C77H140O6. The van der Waals surface area contributed by atoms with Crippen molar-refractivity contribution in [3.63, 3.8) is 0 Å². The number of allylic oxidation sites excluding steroid dienone is 10. The highest BCUT2D eigenvalue weighted by molar-refractivity contribution is 5.71. The molecule has 6 nitrogen and oxygen atoms in total. The van der Waals surface area contributed by atoms with Crippen LogP contribution in [0.5, 0.6) is 0 Å². The molecule has 1 atom stereocenters. The first-order valence-electron chi connectivity index (χ1n) is 36.8. The Labute approximate surface area is 517 Å². The van der Waals surface area contributed by atoms with Gasteiger partial charge in [-0.25, -0.2) is 0 Å². The van der Waals surface area contributed by atoms with Crippen LogP contribution < -0.4 is 0 Å². The van der Waals surface area contributed by atoms with Crippen LogP contribution in [0.15, 0.2) is 60.8 Å². The van der Waals surface area contributed by atoms with Crippen molar-refractivity contribution in [1.29, 1.82) is 0 Å². The second-order valence-electron chi connectivity index (χ2n) is 24.8. The fraction of sp³-hybridized carbons (Fsp3) is 0.831. The highest BCUT2D eigenvalue weighted by Gasteiger charge is 2.19. The van der Waals surface area contributed by atoms with Gasteiger partial charge >= 0.3 is 17.9 Å². The summed E-state index contributed by atoms with van der Waals surface area (Å²) in [5.74, 6) is -0.863. The first-order chi connectivity index (χ1) is 41.0. The van der Waals surface area contributed by atoms with E-state index in [1.165, 1.54) is 276 Å². The average Bonchev–Trinajstić information content (AvgIpc) is 3.50. The predicted octanol–water partition coefficient (Wildman–Crippen LogP) is 25.5. The molecule has 0 saturated heterocycles. The van der Waals surface area contributed by atoms with E-state index in [0.717, 1.165) is 77.0 Å². The van der Waals surface area contributed by atoms with Gasteiger partial charge in [-0.15, -0.1) is 0 Å². The van der Waals surface area contributed by atoms with Gasteiger partial charge in [0.15, 0.2) is 6.10 Å². The third kappa shape index (κ3) is 69.8. The number of ether oxygens (including phenoxy) is 3. The normalized spacial score (nSPS) is 12.4. The van der Waals surface area contributed by atoms with Crippen LogP contribution in [-0.2, 0) is 28.6 Å². The Morgan fingerprint density at radius 1 is 0.241 bits per heavy atom. The maximum absolute atomic E-state index is 13.0. The first-order valence-corrected chi connectivity index (χ1v) is 36.8. The molecule has 1 unspecified atom stereocenters. The van der Waals surface area contributed by atoms with Gasteiger partial charge in [-0.2, -0.15) is 0 Å². The molecule has 0 spiro atoms. The maximum Gasteiger partial charge on any atom is 0.306 e. The van der Waals surface area contributed by atoms with Gasteiger partial charge in [-0.1, -0.05) is 326 Å². The summed E-state index contributed by atoms with van der Waals surface area (Å²) in [6, 6.07) is 0. The number of carbonyl (C=O) groups excluding carboxylic acids is 3. The summed E-state index contributed by atoms with van der Waals surface area (Å²) in [5, 5.41) is 0. The van der Waals surface area contributed by atoms with Gasteiger partial charge in [-0.05, 0) is 109 Å². The molecule has 0 fully saturated rings. The summed E-state index contributed by atoms with van der Waals surface area (Å²) in [5.41, 5.74) is 0. The van der Waals surface area contributed by atoms with Crippen molar-refractivity contribution in [2.45, 2.75) is 399 Å². The first kappa shape index (κ1) is 80.1. The largest absolute Gasteiger partial charge is 0.462 e. The van der Waals surface area contributed by atoms with Crippen molar-refractivity contribution in [3.8, 4) is 0 Å². The van der Waals surface area contributed by atoms with Gasteiger partial charge in [0.1, 0.15) is 13.2 Å². The molecule has 0 aliphatic rings. The number of hydrogen-bond donors (Lipinski definition) is 0. The molecule has 0 radical (unpaired) electrons. The molecule has 0 aromatic rings. The lowest BCUT2D eigenvalue weighted by Crippen LogP contribution is -2.30. The molecule has 0 heterocycles. The summed E-state index contributed by atoms with van der Waals surface area (Å²) in [6.07, 6.45) is 92.5. The fourth-order valence-corrected chi connectivity index (χ4v) is 10.9. The Kier molecular flexibility index (Phi) is 69.1. The van der Waals surface area contributed by atoms with E-state index in [-0.39, 0.29) is 31.1 Å². The Morgan fingerprint density at radius 2 is 0.434 bits per heavy atom. The summed E-state index contributed by atoms with van der Waals surface area (Å²) >= 11 is 0. The van der Waals surface area contributed by atoms with Crippen LogP contribution in [0, 0.1) is 0 Å². The lowest BCUT2D eigenvalue weighted by molar-refractivity contribution is -0.167. The van der Waals surface area contributed by atoms with Crippen LogP contribution in [0.25, 0.3) is 0 Å². The minimum Gasteiger partial charge on any atom is -0.462 e. The van der Waals surface area contributed by atoms with E-state index in [1.54, 1.807) is 0 Å². The molecule has 0 N–H and O–H groups in total. The molecule has 0 saturated carbocycles. The number of esters is 3. The molecule has 0 amide bonds. The molecule has 0 aromatic heterocycles. The van der Waals surface area contributed by atoms with E-state index in [2.05, 4.69) is 81.5 Å². The molecular weight excluding hydrogens is 1020 g/mol. The molecule has 0 aliphatic carbocycles. The van der Waals surface area contributed by atoms with Gasteiger partial charge in [-0.3, -0.25) is 14.4 Å². The number of unbranched alkanes of at least 4 members (excludes halogenated alkanes) is 47. The summed E-state index contributed by atoms with van der Waals surface area (Å²) in [4.78, 5) is 38.5. The molecule has 0 aromatic carbocycles. The highest BCUT2D eigenvalue weighted by atomic mass is 16.6. The van der Waals surface area contributed by atoms with E-state index < -0.39 is 6.10 Å². The standard InChI is InChI=1S/C77H140O6/c1-4-7-10-13-16-19-22-25-28-31-33-35-36-37-38-39-40-42-43-46-49-52-55-58-61-64-67-70-76(79)82-73-74(72-81-75(78)69-66-63-60-57-54-51-48-45-30-27-24-21-18-15-12-9-6-3)83-77(80)71-68-65-62-59-56-53-50-47-44-41-34-32-29-26-23-20-17-14-11-8-5-2/h18,21,23,26-27,30-34,74H,4-17,19-20,22,24-25,28-29,35-73H2,1-3H3/b21-18-,26-23-,30-27-,33-31-,34-32-. The smallest absolute Gasteiger partial charge is 0.306 e. The van der Waals surface area contributed by atoms with Gasteiger partial charge in [0.05, 0.1) is 0 Å². The monoisotopic (exact) mass is 1160 g/mol. The van der Waals surface area contributed by atoms with Gasteiger partial charge in [0, 0.05) is 19.3 Å². The molecule has 83 heavy (non-hydrogen) atoms. The Bertz CT molecular complexity index is 1470.